The number of nitriles is 1. The summed E-state index contributed by atoms with van der Waals surface area (Å²) in [6.07, 6.45) is 0. The summed E-state index contributed by atoms with van der Waals surface area (Å²) in [5.41, 5.74) is 6.84. The van der Waals surface area contributed by atoms with Crippen molar-refractivity contribution >= 4 is 0 Å². The van der Waals surface area contributed by atoms with Crippen molar-refractivity contribution in [1.82, 2.24) is 0 Å². The van der Waals surface area contributed by atoms with Crippen molar-refractivity contribution in [1.29, 1.82) is 5.26 Å². The zero-order valence-electron chi connectivity index (χ0n) is 11.4. The first-order chi connectivity index (χ1) is 10.0. The lowest BCUT2D eigenvalue weighted by Gasteiger charge is -2.14. The van der Waals surface area contributed by atoms with E-state index in [2.05, 4.69) is 0 Å². The SMILES string of the molecule is C[C@H](N)c1cc(F)ccc1OCc1ccc(C#N)cc1F. The van der Waals surface area contributed by atoms with E-state index in [1.807, 2.05) is 6.07 Å². The minimum Gasteiger partial charge on any atom is -0.488 e. The summed E-state index contributed by atoms with van der Waals surface area (Å²) in [6, 6.07) is 9.64. The molecule has 0 fully saturated rings. The zero-order valence-corrected chi connectivity index (χ0v) is 11.4. The first-order valence-electron chi connectivity index (χ1n) is 6.37. The number of halogens is 2. The summed E-state index contributed by atoms with van der Waals surface area (Å²) in [5.74, 6) is -0.507. The summed E-state index contributed by atoms with van der Waals surface area (Å²) >= 11 is 0. The molecule has 2 aromatic carbocycles. The Morgan fingerprint density at radius 2 is 2.00 bits per heavy atom. The topological polar surface area (TPSA) is 59.0 Å². The molecule has 0 radical (unpaired) electrons. The monoisotopic (exact) mass is 288 g/mol. The molecule has 2 rings (SSSR count). The standard InChI is InChI=1S/C16H14F2N2O/c1-10(20)14-7-13(17)4-5-16(14)21-9-12-3-2-11(8-19)6-15(12)18/h2-7,10H,9,20H2,1H3/t10-/m0/s1. The summed E-state index contributed by atoms with van der Waals surface area (Å²) in [5, 5.41) is 8.69. The van der Waals surface area contributed by atoms with Crippen LogP contribution in [0, 0.1) is 23.0 Å². The fraction of sp³-hybridized carbons (Fsp3) is 0.188. The van der Waals surface area contributed by atoms with E-state index in [0.717, 1.165) is 6.07 Å². The van der Waals surface area contributed by atoms with Crippen molar-refractivity contribution in [2.75, 3.05) is 0 Å². The third kappa shape index (κ3) is 3.56. The quantitative estimate of drug-likeness (QED) is 0.937. The van der Waals surface area contributed by atoms with Gasteiger partial charge in [-0.05, 0) is 37.3 Å². The Morgan fingerprint density at radius 1 is 1.24 bits per heavy atom. The van der Waals surface area contributed by atoms with Crippen molar-refractivity contribution in [2.45, 2.75) is 19.6 Å². The van der Waals surface area contributed by atoms with Crippen LogP contribution in [-0.2, 0) is 6.61 Å². The first-order valence-corrected chi connectivity index (χ1v) is 6.37. The fourth-order valence-electron chi connectivity index (χ4n) is 1.90. The predicted octanol–water partition coefficient (Wildman–Crippen LogP) is 3.44. The van der Waals surface area contributed by atoms with Gasteiger partial charge in [-0.25, -0.2) is 8.78 Å². The van der Waals surface area contributed by atoms with Gasteiger partial charge in [0.15, 0.2) is 0 Å². The summed E-state index contributed by atoms with van der Waals surface area (Å²) in [4.78, 5) is 0. The van der Waals surface area contributed by atoms with E-state index in [0.29, 0.717) is 16.9 Å². The molecule has 2 N–H and O–H groups in total. The van der Waals surface area contributed by atoms with Crippen LogP contribution in [-0.4, -0.2) is 0 Å². The molecule has 21 heavy (non-hydrogen) atoms. The van der Waals surface area contributed by atoms with Gasteiger partial charge in [-0.1, -0.05) is 6.07 Å². The molecule has 0 aliphatic carbocycles. The molecule has 0 aliphatic rings. The van der Waals surface area contributed by atoms with Crippen molar-refractivity contribution in [3.63, 3.8) is 0 Å². The maximum absolute atomic E-state index is 13.7. The Labute approximate surface area is 121 Å². The Kier molecular flexibility index (Phi) is 4.51. The second kappa shape index (κ2) is 6.33. The largest absolute Gasteiger partial charge is 0.488 e. The van der Waals surface area contributed by atoms with E-state index in [1.54, 1.807) is 6.92 Å². The van der Waals surface area contributed by atoms with Gasteiger partial charge in [-0.15, -0.1) is 0 Å². The number of nitrogens with two attached hydrogens (primary N) is 1. The van der Waals surface area contributed by atoms with Crippen molar-refractivity contribution in [3.05, 3.63) is 64.7 Å². The van der Waals surface area contributed by atoms with Crippen molar-refractivity contribution < 1.29 is 13.5 Å². The predicted molar refractivity (Wildman–Crippen MR) is 74.4 cm³/mol. The highest BCUT2D eigenvalue weighted by molar-refractivity contribution is 5.37. The summed E-state index contributed by atoms with van der Waals surface area (Å²) in [6.45, 7) is 1.69. The number of nitrogens with zero attached hydrogens (tertiary/aromatic N) is 1. The molecule has 3 nitrogen and oxygen atoms in total. The van der Waals surface area contributed by atoms with Crippen LogP contribution in [0.1, 0.15) is 29.7 Å². The molecular formula is C16H14F2N2O. The Morgan fingerprint density at radius 3 is 2.62 bits per heavy atom. The molecular weight excluding hydrogens is 274 g/mol. The van der Waals surface area contributed by atoms with E-state index < -0.39 is 17.7 Å². The van der Waals surface area contributed by atoms with E-state index in [4.69, 9.17) is 15.7 Å². The maximum atomic E-state index is 13.7. The van der Waals surface area contributed by atoms with Gasteiger partial charge >= 0.3 is 0 Å². The van der Waals surface area contributed by atoms with Gasteiger partial charge in [0.05, 0.1) is 11.6 Å². The average Bonchev–Trinajstić information content (AvgIpc) is 2.46. The number of hydrogen-bond acceptors (Lipinski definition) is 3. The molecule has 0 saturated carbocycles. The highest BCUT2D eigenvalue weighted by Gasteiger charge is 2.11. The molecule has 108 valence electrons. The zero-order chi connectivity index (χ0) is 15.4. The van der Waals surface area contributed by atoms with Gasteiger partial charge in [-0.3, -0.25) is 0 Å². The second-order valence-electron chi connectivity index (χ2n) is 4.68. The number of hydrogen-bond donors (Lipinski definition) is 1. The normalized spacial score (nSPS) is 11.8. The molecule has 0 saturated heterocycles. The lowest BCUT2D eigenvalue weighted by atomic mass is 10.1. The number of ether oxygens (including phenoxy) is 1. The second-order valence-corrected chi connectivity index (χ2v) is 4.68. The van der Waals surface area contributed by atoms with Crippen LogP contribution in [0.25, 0.3) is 0 Å². The summed E-state index contributed by atoms with van der Waals surface area (Å²) < 4.78 is 32.5. The van der Waals surface area contributed by atoms with Gasteiger partial charge in [0.2, 0.25) is 0 Å². The Hall–Kier alpha value is -2.45. The lowest BCUT2D eigenvalue weighted by molar-refractivity contribution is 0.295. The van der Waals surface area contributed by atoms with E-state index in [1.165, 1.54) is 30.3 Å². The molecule has 0 aromatic heterocycles. The van der Waals surface area contributed by atoms with Crippen LogP contribution < -0.4 is 10.5 Å². The molecule has 0 unspecified atom stereocenters. The first kappa shape index (κ1) is 14.9. The van der Waals surface area contributed by atoms with Crippen LogP contribution in [0.2, 0.25) is 0 Å². The molecule has 0 amide bonds. The van der Waals surface area contributed by atoms with Gasteiger partial charge in [-0.2, -0.15) is 5.26 Å². The number of rotatable bonds is 4. The molecule has 0 bridgehead atoms. The molecule has 2 aromatic rings. The van der Waals surface area contributed by atoms with E-state index in [9.17, 15) is 8.78 Å². The molecule has 0 spiro atoms. The van der Waals surface area contributed by atoms with Gasteiger partial charge < -0.3 is 10.5 Å². The minimum absolute atomic E-state index is 0.0249. The fourth-order valence-corrected chi connectivity index (χ4v) is 1.90. The average molecular weight is 288 g/mol. The highest BCUT2D eigenvalue weighted by Crippen LogP contribution is 2.26. The van der Waals surface area contributed by atoms with Gasteiger partial charge in [0.1, 0.15) is 24.0 Å². The molecule has 1 atom stereocenters. The van der Waals surface area contributed by atoms with Crippen LogP contribution in [0.3, 0.4) is 0 Å². The van der Waals surface area contributed by atoms with Crippen LogP contribution in [0.4, 0.5) is 8.78 Å². The van der Waals surface area contributed by atoms with Crippen molar-refractivity contribution in [3.8, 4) is 11.8 Å². The van der Waals surface area contributed by atoms with Gasteiger partial charge in [0.25, 0.3) is 0 Å². The summed E-state index contributed by atoms with van der Waals surface area (Å²) in [7, 11) is 0. The van der Waals surface area contributed by atoms with Gasteiger partial charge in [0, 0.05) is 17.2 Å². The lowest BCUT2D eigenvalue weighted by Crippen LogP contribution is -2.09. The smallest absolute Gasteiger partial charge is 0.131 e. The van der Waals surface area contributed by atoms with E-state index in [-0.39, 0.29) is 12.2 Å². The minimum atomic E-state index is -0.515. The van der Waals surface area contributed by atoms with Crippen LogP contribution >= 0.6 is 0 Å². The van der Waals surface area contributed by atoms with Crippen LogP contribution in [0.15, 0.2) is 36.4 Å². The molecule has 0 aliphatic heterocycles. The third-order valence-electron chi connectivity index (χ3n) is 3.03. The highest BCUT2D eigenvalue weighted by atomic mass is 19.1. The number of benzene rings is 2. The maximum Gasteiger partial charge on any atom is 0.131 e. The van der Waals surface area contributed by atoms with E-state index >= 15 is 0 Å². The van der Waals surface area contributed by atoms with Crippen molar-refractivity contribution in [2.24, 2.45) is 5.73 Å². The molecule has 5 heteroatoms. The third-order valence-corrected chi connectivity index (χ3v) is 3.03. The Bertz CT molecular complexity index is 693. The Balaban J connectivity index is 2.19. The van der Waals surface area contributed by atoms with Crippen LogP contribution in [0.5, 0.6) is 5.75 Å². The molecule has 0 heterocycles.